The smallest absolute Gasteiger partial charge is 0.295 e. The predicted octanol–water partition coefficient (Wildman–Crippen LogP) is 2.86. The summed E-state index contributed by atoms with van der Waals surface area (Å²) in [5.74, 6) is -0.498. The number of carbonyl (C=O) groups excluding carboxylic acids is 2. The Morgan fingerprint density at radius 2 is 1.88 bits per heavy atom. The van der Waals surface area contributed by atoms with E-state index < -0.39 is 17.7 Å². The lowest BCUT2D eigenvalue weighted by Crippen LogP contribution is -2.32. The zero-order chi connectivity index (χ0) is 23.3. The molecule has 1 unspecified atom stereocenters. The number of amides is 1. The molecule has 1 atom stereocenters. The van der Waals surface area contributed by atoms with Gasteiger partial charge in [-0.15, -0.1) is 0 Å². The number of benzene rings is 1. The number of carbonyl (C=O) groups is 2. The number of ether oxygens (including phenoxy) is 2. The van der Waals surface area contributed by atoms with Gasteiger partial charge in [0.15, 0.2) is 11.5 Å². The maximum atomic E-state index is 13.0. The van der Waals surface area contributed by atoms with E-state index in [1.807, 2.05) is 25.9 Å². The van der Waals surface area contributed by atoms with E-state index in [9.17, 15) is 14.7 Å². The van der Waals surface area contributed by atoms with Gasteiger partial charge in [0.1, 0.15) is 5.76 Å². The molecule has 1 aromatic carbocycles. The summed E-state index contributed by atoms with van der Waals surface area (Å²) in [7, 11) is 5.44. The van der Waals surface area contributed by atoms with Crippen molar-refractivity contribution in [3.05, 3.63) is 59.4 Å². The van der Waals surface area contributed by atoms with Crippen molar-refractivity contribution in [3.63, 3.8) is 0 Å². The molecule has 1 saturated heterocycles. The number of likely N-dealkylation sites (tertiary alicyclic amines) is 1. The quantitative estimate of drug-likeness (QED) is 0.365. The number of ketones is 1. The predicted molar refractivity (Wildman–Crippen MR) is 121 cm³/mol. The van der Waals surface area contributed by atoms with Crippen molar-refractivity contribution in [1.82, 2.24) is 14.8 Å². The standard InChI is InChI=1S/C24H29N3O5/c1-5-32-18-8-7-17(15-19(18)31-4)21-20(22(28)16-9-11-25-12-10-16)23(29)24(30)27(21)14-6-13-26(2)3/h7-12,15,21,28H,5-6,13-14H2,1-4H3/b22-20+. The summed E-state index contributed by atoms with van der Waals surface area (Å²) in [4.78, 5) is 33.5. The van der Waals surface area contributed by atoms with E-state index in [2.05, 4.69) is 4.98 Å². The van der Waals surface area contributed by atoms with Crippen LogP contribution in [0, 0.1) is 0 Å². The molecule has 170 valence electrons. The van der Waals surface area contributed by atoms with Gasteiger partial charge in [-0.3, -0.25) is 14.6 Å². The summed E-state index contributed by atoms with van der Waals surface area (Å²) >= 11 is 0. The zero-order valence-electron chi connectivity index (χ0n) is 18.9. The number of hydrogen-bond acceptors (Lipinski definition) is 7. The molecule has 2 heterocycles. The molecular formula is C24H29N3O5. The molecule has 3 rings (SSSR count). The van der Waals surface area contributed by atoms with Gasteiger partial charge in [-0.05, 0) is 63.8 Å². The Kier molecular flexibility index (Phi) is 7.48. The maximum absolute atomic E-state index is 13.0. The van der Waals surface area contributed by atoms with Gasteiger partial charge in [0, 0.05) is 24.5 Å². The molecule has 1 amide bonds. The molecule has 1 fully saturated rings. The molecule has 0 aliphatic carbocycles. The Balaban J connectivity index is 2.12. The number of nitrogens with zero attached hydrogens (tertiary/aromatic N) is 3. The van der Waals surface area contributed by atoms with Crippen LogP contribution in [-0.4, -0.2) is 72.5 Å². The summed E-state index contributed by atoms with van der Waals surface area (Å²) < 4.78 is 11.1. The Morgan fingerprint density at radius 3 is 2.50 bits per heavy atom. The molecule has 1 N–H and O–H groups in total. The van der Waals surface area contributed by atoms with Gasteiger partial charge in [-0.2, -0.15) is 0 Å². The normalized spacial score (nSPS) is 17.8. The molecule has 1 aliphatic heterocycles. The maximum Gasteiger partial charge on any atom is 0.295 e. The van der Waals surface area contributed by atoms with E-state index in [1.54, 1.807) is 30.3 Å². The largest absolute Gasteiger partial charge is 0.507 e. The molecule has 8 heteroatoms. The third-order valence-corrected chi connectivity index (χ3v) is 5.30. The van der Waals surface area contributed by atoms with Crippen molar-refractivity contribution >= 4 is 17.4 Å². The molecule has 1 aliphatic rings. The summed E-state index contributed by atoms with van der Waals surface area (Å²) in [6.07, 6.45) is 3.73. The number of aromatic nitrogens is 1. The van der Waals surface area contributed by atoms with Crippen LogP contribution in [0.2, 0.25) is 0 Å². The van der Waals surface area contributed by atoms with Crippen molar-refractivity contribution in [2.45, 2.75) is 19.4 Å². The number of aliphatic hydroxyl groups excluding tert-OH is 1. The van der Waals surface area contributed by atoms with Crippen LogP contribution in [0.1, 0.15) is 30.5 Å². The molecule has 0 spiro atoms. The van der Waals surface area contributed by atoms with E-state index >= 15 is 0 Å². The number of pyridine rings is 1. The Hall–Kier alpha value is -3.39. The molecule has 32 heavy (non-hydrogen) atoms. The van der Waals surface area contributed by atoms with Gasteiger partial charge in [0.2, 0.25) is 0 Å². The molecule has 0 saturated carbocycles. The molecule has 0 radical (unpaired) electrons. The van der Waals surface area contributed by atoms with E-state index in [4.69, 9.17) is 9.47 Å². The van der Waals surface area contributed by atoms with E-state index in [0.717, 1.165) is 6.54 Å². The highest BCUT2D eigenvalue weighted by molar-refractivity contribution is 6.46. The number of hydrogen-bond donors (Lipinski definition) is 1. The van der Waals surface area contributed by atoms with E-state index in [-0.39, 0.29) is 11.3 Å². The number of aliphatic hydroxyl groups is 1. The van der Waals surface area contributed by atoms with Crippen molar-refractivity contribution in [2.24, 2.45) is 0 Å². The molecule has 2 aromatic rings. The second-order valence-electron chi connectivity index (χ2n) is 7.73. The van der Waals surface area contributed by atoms with Crippen LogP contribution in [0.5, 0.6) is 11.5 Å². The van der Waals surface area contributed by atoms with Crippen LogP contribution in [-0.2, 0) is 9.59 Å². The Bertz CT molecular complexity index is 1000. The Morgan fingerprint density at radius 1 is 1.16 bits per heavy atom. The SMILES string of the molecule is CCOc1ccc(C2/C(=C(\O)c3ccncc3)C(=O)C(=O)N2CCCN(C)C)cc1OC. The molecule has 0 bridgehead atoms. The monoisotopic (exact) mass is 439 g/mol. The minimum Gasteiger partial charge on any atom is -0.507 e. The first-order chi connectivity index (χ1) is 15.4. The molecular weight excluding hydrogens is 410 g/mol. The lowest BCUT2D eigenvalue weighted by Gasteiger charge is -2.26. The summed E-state index contributed by atoms with van der Waals surface area (Å²) in [5, 5.41) is 11.0. The minimum atomic E-state index is -0.741. The van der Waals surface area contributed by atoms with Crippen LogP contribution >= 0.6 is 0 Å². The van der Waals surface area contributed by atoms with Crippen LogP contribution in [0.3, 0.4) is 0 Å². The van der Waals surface area contributed by atoms with Crippen molar-refractivity contribution in [3.8, 4) is 11.5 Å². The highest BCUT2D eigenvalue weighted by Crippen LogP contribution is 2.42. The summed E-state index contributed by atoms with van der Waals surface area (Å²) in [6, 6.07) is 7.76. The number of Topliss-reactive ketones (excluding diaryl/α,β-unsaturated/α-hetero) is 1. The van der Waals surface area contributed by atoms with Gasteiger partial charge in [-0.25, -0.2) is 0 Å². The topological polar surface area (TPSA) is 92.2 Å². The van der Waals surface area contributed by atoms with Crippen LogP contribution in [0.15, 0.2) is 48.3 Å². The molecule has 8 nitrogen and oxygen atoms in total. The lowest BCUT2D eigenvalue weighted by molar-refractivity contribution is -0.139. The third-order valence-electron chi connectivity index (χ3n) is 5.30. The van der Waals surface area contributed by atoms with Gasteiger partial charge in [-0.1, -0.05) is 6.07 Å². The van der Waals surface area contributed by atoms with E-state index in [0.29, 0.717) is 42.2 Å². The Labute approximate surface area is 188 Å². The first-order valence-electron chi connectivity index (χ1n) is 10.5. The highest BCUT2D eigenvalue weighted by atomic mass is 16.5. The summed E-state index contributed by atoms with van der Waals surface area (Å²) in [6.45, 7) is 3.48. The second kappa shape index (κ2) is 10.3. The second-order valence-corrected chi connectivity index (χ2v) is 7.73. The van der Waals surface area contributed by atoms with Crippen molar-refractivity contribution < 1.29 is 24.2 Å². The fourth-order valence-electron chi connectivity index (χ4n) is 3.81. The van der Waals surface area contributed by atoms with Gasteiger partial charge < -0.3 is 24.4 Å². The fraction of sp³-hybridized carbons (Fsp3) is 0.375. The number of rotatable bonds is 9. The zero-order valence-corrected chi connectivity index (χ0v) is 18.9. The minimum absolute atomic E-state index is 0.0530. The summed E-state index contributed by atoms with van der Waals surface area (Å²) in [5.41, 5.74) is 1.14. The van der Waals surface area contributed by atoms with Gasteiger partial charge in [0.25, 0.3) is 11.7 Å². The first kappa shape index (κ1) is 23.3. The van der Waals surface area contributed by atoms with Gasteiger partial charge in [0.05, 0.1) is 25.3 Å². The first-order valence-corrected chi connectivity index (χ1v) is 10.5. The van der Waals surface area contributed by atoms with Crippen LogP contribution in [0.4, 0.5) is 0 Å². The van der Waals surface area contributed by atoms with Crippen LogP contribution in [0.25, 0.3) is 5.76 Å². The highest BCUT2D eigenvalue weighted by Gasteiger charge is 2.46. The molecule has 1 aromatic heterocycles. The fourth-order valence-corrected chi connectivity index (χ4v) is 3.81. The van der Waals surface area contributed by atoms with Crippen molar-refractivity contribution in [1.29, 1.82) is 0 Å². The lowest BCUT2D eigenvalue weighted by atomic mass is 9.95. The van der Waals surface area contributed by atoms with Gasteiger partial charge >= 0.3 is 0 Å². The third kappa shape index (κ3) is 4.75. The average Bonchev–Trinajstić information content (AvgIpc) is 3.04. The number of methoxy groups -OCH3 is 1. The van der Waals surface area contributed by atoms with E-state index in [1.165, 1.54) is 24.4 Å². The van der Waals surface area contributed by atoms with Crippen molar-refractivity contribution in [2.75, 3.05) is 40.9 Å². The average molecular weight is 440 g/mol. The van der Waals surface area contributed by atoms with Crippen LogP contribution < -0.4 is 9.47 Å².